The first-order valence-electron chi connectivity index (χ1n) is 6.31. The van der Waals surface area contributed by atoms with Crippen molar-refractivity contribution in [1.29, 1.82) is 0 Å². The van der Waals surface area contributed by atoms with Gasteiger partial charge in [0.25, 0.3) is 0 Å². The standard InChI is InChI=1S/C16H15NO2/c1-12(18)13-7-8-16-14(9-13)10-17(11-19-16)15-5-3-2-4-6-15/h2-9H,10-11H2,1H3. The maximum atomic E-state index is 11.4. The van der Waals surface area contributed by atoms with E-state index in [0.717, 1.165) is 29.1 Å². The zero-order valence-corrected chi connectivity index (χ0v) is 10.8. The van der Waals surface area contributed by atoms with E-state index in [1.165, 1.54) is 0 Å². The van der Waals surface area contributed by atoms with Gasteiger partial charge in [-0.3, -0.25) is 4.79 Å². The third-order valence-corrected chi connectivity index (χ3v) is 3.33. The summed E-state index contributed by atoms with van der Waals surface area (Å²) in [6.07, 6.45) is 0. The van der Waals surface area contributed by atoms with Gasteiger partial charge in [0.1, 0.15) is 5.75 Å². The highest BCUT2D eigenvalue weighted by molar-refractivity contribution is 5.94. The number of carbonyl (C=O) groups is 1. The van der Waals surface area contributed by atoms with Crippen molar-refractivity contribution in [3.05, 3.63) is 59.7 Å². The number of nitrogens with zero attached hydrogens (tertiary/aromatic N) is 1. The van der Waals surface area contributed by atoms with Gasteiger partial charge in [0, 0.05) is 23.4 Å². The second kappa shape index (κ2) is 4.76. The number of Topliss-reactive ketones (excluding diaryl/α,β-unsaturated/α-hetero) is 1. The van der Waals surface area contributed by atoms with Crippen LogP contribution >= 0.6 is 0 Å². The minimum absolute atomic E-state index is 0.0830. The molecule has 0 spiro atoms. The Balaban J connectivity index is 1.90. The highest BCUT2D eigenvalue weighted by atomic mass is 16.5. The molecular formula is C16H15NO2. The van der Waals surface area contributed by atoms with Gasteiger partial charge in [0.05, 0.1) is 0 Å². The van der Waals surface area contributed by atoms with Crippen LogP contribution in [0.25, 0.3) is 0 Å². The van der Waals surface area contributed by atoms with Gasteiger partial charge in [-0.05, 0) is 37.3 Å². The molecule has 0 fully saturated rings. The third-order valence-electron chi connectivity index (χ3n) is 3.33. The summed E-state index contributed by atoms with van der Waals surface area (Å²) in [4.78, 5) is 13.6. The van der Waals surface area contributed by atoms with Crippen LogP contribution in [0.15, 0.2) is 48.5 Å². The van der Waals surface area contributed by atoms with Gasteiger partial charge in [-0.25, -0.2) is 0 Å². The van der Waals surface area contributed by atoms with Crippen LogP contribution in [-0.4, -0.2) is 12.5 Å². The molecule has 0 aliphatic carbocycles. The van der Waals surface area contributed by atoms with Crippen LogP contribution in [-0.2, 0) is 6.54 Å². The van der Waals surface area contributed by atoms with Gasteiger partial charge >= 0.3 is 0 Å². The summed E-state index contributed by atoms with van der Waals surface area (Å²) in [6, 6.07) is 15.8. The average Bonchev–Trinajstić information content (AvgIpc) is 2.47. The minimum Gasteiger partial charge on any atom is -0.473 e. The largest absolute Gasteiger partial charge is 0.473 e. The van der Waals surface area contributed by atoms with E-state index in [1.54, 1.807) is 6.92 Å². The van der Waals surface area contributed by atoms with E-state index in [0.29, 0.717) is 6.73 Å². The number of hydrogen-bond donors (Lipinski definition) is 0. The van der Waals surface area contributed by atoms with E-state index in [4.69, 9.17) is 4.74 Å². The van der Waals surface area contributed by atoms with Crippen molar-refractivity contribution in [2.75, 3.05) is 11.6 Å². The highest BCUT2D eigenvalue weighted by Crippen LogP contribution is 2.29. The molecule has 0 amide bonds. The number of ketones is 1. The minimum atomic E-state index is 0.0830. The summed E-state index contributed by atoms with van der Waals surface area (Å²) in [5.74, 6) is 0.955. The van der Waals surface area contributed by atoms with Crippen LogP contribution < -0.4 is 9.64 Å². The third kappa shape index (κ3) is 2.32. The van der Waals surface area contributed by atoms with Crippen LogP contribution in [0.3, 0.4) is 0 Å². The van der Waals surface area contributed by atoms with Gasteiger partial charge < -0.3 is 9.64 Å². The summed E-state index contributed by atoms with van der Waals surface area (Å²) in [6.45, 7) is 2.89. The molecule has 1 aliphatic rings. The molecule has 3 heteroatoms. The molecule has 0 unspecified atom stereocenters. The molecular weight excluding hydrogens is 238 g/mol. The maximum Gasteiger partial charge on any atom is 0.161 e. The molecule has 0 saturated carbocycles. The first-order valence-corrected chi connectivity index (χ1v) is 6.31. The Morgan fingerprint density at radius 2 is 1.95 bits per heavy atom. The summed E-state index contributed by atoms with van der Waals surface area (Å²) in [5, 5.41) is 0. The normalized spacial score (nSPS) is 13.6. The quantitative estimate of drug-likeness (QED) is 0.769. The van der Waals surface area contributed by atoms with Gasteiger partial charge in [-0.1, -0.05) is 18.2 Å². The summed E-state index contributed by atoms with van der Waals surface area (Å²) >= 11 is 0. The van der Waals surface area contributed by atoms with E-state index < -0.39 is 0 Å². The molecule has 0 bridgehead atoms. The Labute approximate surface area is 112 Å². The van der Waals surface area contributed by atoms with Gasteiger partial charge in [0.2, 0.25) is 0 Å². The Hall–Kier alpha value is -2.29. The summed E-state index contributed by atoms with van der Waals surface area (Å²) in [5.41, 5.74) is 2.92. The first-order chi connectivity index (χ1) is 9.24. The second-order valence-electron chi connectivity index (χ2n) is 4.69. The number of carbonyl (C=O) groups excluding carboxylic acids is 1. The maximum absolute atomic E-state index is 11.4. The van der Waals surface area contributed by atoms with Crippen LogP contribution in [0.1, 0.15) is 22.8 Å². The fourth-order valence-electron chi connectivity index (χ4n) is 2.27. The molecule has 96 valence electrons. The molecule has 0 radical (unpaired) electrons. The zero-order valence-electron chi connectivity index (χ0n) is 10.8. The topological polar surface area (TPSA) is 29.5 Å². The number of anilines is 1. The van der Waals surface area contributed by atoms with Crippen molar-refractivity contribution < 1.29 is 9.53 Å². The molecule has 3 nitrogen and oxygen atoms in total. The number of fused-ring (bicyclic) bond motifs is 1. The van der Waals surface area contributed by atoms with Crippen molar-refractivity contribution in [3.8, 4) is 5.75 Å². The zero-order chi connectivity index (χ0) is 13.2. The van der Waals surface area contributed by atoms with Crippen molar-refractivity contribution in [2.45, 2.75) is 13.5 Å². The molecule has 0 atom stereocenters. The molecule has 3 rings (SSSR count). The second-order valence-corrected chi connectivity index (χ2v) is 4.69. The van der Waals surface area contributed by atoms with Gasteiger partial charge in [0.15, 0.2) is 12.5 Å². The molecule has 0 N–H and O–H groups in total. The van der Waals surface area contributed by atoms with Crippen LogP contribution in [0.2, 0.25) is 0 Å². The number of rotatable bonds is 2. The van der Waals surface area contributed by atoms with Crippen LogP contribution in [0.5, 0.6) is 5.75 Å². The van der Waals surface area contributed by atoms with Gasteiger partial charge in [-0.2, -0.15) is 0 Å². The molecule has 1 aliphatic heterocycles. The molecule has 0 aromatic heterocycles. The van der Waals surface area contributed by atoms with Crippen molar-refractivity contribution in [1.82, 2.24) is 0 Å². The fourth-order valence-corrected chi connectivity index (χ4v) is 2.27. The molecule has 2 aromatic carbocycles. The Morgan fingerprint density at radius 1 is 1.16 bits per heavy atom. The predicted octanol–water partition coefficient (Wildman–Crippen LogP) is 3.25. The Kier molecular flexibility index (Phi) is 2.95. The summed E-state index contributed by atoms with van der Waals surface area (Å²) < 4.78 is 5.74. The SMILES string of the molecule is CC(=O)c1ccc2c(c1)CN(c1ccccc1)CO2. The first kappa shape index (κ1) is 11.8. The van der Waals surface area contributed by atoms with E-state index in [2.05, 4.69) is 17.0 Å². The van der Waals surface area contributed by atoms with Crippen molar-refractivity contribution in [3.63, 3.8) is 0 Å². The van der Waals surface area contributed by atoms with Crippen LogP contribution in [0, 0.1) is 0 Å². The smallest absolute Gasteiger partial charge is 0.161 e. The molecule has 19 heavy (non-hydrogen) atoms. The molecule has 2 aromatic rings. The van der Waals surface area contributed by atoms with Gasteiger partial charge in [-0.15, -0.1) is 0 Å². The lowest BCUT2D eigenvalue weighted by atomic mass is 10.1. The van der Waals surface area contributed by atoms with E-state index >= 15 is 0 Å². The Bertz CT molecular complexity index is 607. The fraction of sp³-hybridized carbons (Fsp3) is 0.188. The van der Waals surface area contributed by atoms with E-state index in [-0.39, 0.29) is 5.78 Å². The lowest BCUT2D eigenvalue weighted by molar-refractivity contribution is 0.101. The van der Waals surface area contributed by atoms with E-state index in [9.17, 15) is 4.79 Å². The van der Waals surface area contributed by atoms with Crippen molar-refractivity contribution >= 4 is 11.5 Å². The number of ether oxygens (including phenoxy) is 1. The average molecular weight is 253 g/mol. The van der Waals surface area contributed by atoms with Crippen LogP contribution in [0.4, 0.5) is 5.69 Å². The lowest BCUT2D eigenvalue weighted by Crippen LogP contribution is -2.31. The van der Waals surface area contributed by atoms with Crippen molar-refractivity contribution in [2.24, 2.45) is 0 Å². The lowest BCUT2D eigenvalue weighted by Gasteiger charge is -2.30. The van der Waals surface area contributed by atoms with E-state index in [1.807, 2.05) is 36.4 Å². The Morgan fingerprint density at radius 3 is 2.68 bits per heavy atom. The number of hydrogen-bond acceptors (Lipinski definition) is 3. The number of para-hydroxylation sites is 1. The predicted molar refractivity (Wildman–Crippen MR) is 74.6 cm³/mol. The molecule has 0 saturated heterocycles. The highest BCUT2D eigenvalue weighted by Gasteiger charge is 2.18. The molecule has 1 heterocycles. The summed E-state index contributed by atoms with van der Waals surface area (Å²) in [7, 11) is 0. The monoisotopic (exact) mass is 253 g/mol. The number of benzene rings is 2.